The van der Waals surface area contributed by atoms with Crippen molar-refractivity contribution in [1.82, 2.24) is 0 Å². The second-order valence-corrected chi connectivity index (χ2v) is 7.36. The first-order valence-corrected chi connectivity index (χ1v) is 9.22. The maximum absolute atomic E-state index is 14.4. The molecule has 1 spiro atoms. The van der Waals surface area contributed by atoms with Crippen molar-refractivity contribution >= 4 is 5.57 Å². The van der Waals surface area contributed by atoms with Crippen molar-refractivity contribution in [3.05, 3.63) is 113 Å². The molecule has 1 atom stereocenters. The summed E-state index contributed by atoms with van der Waals surface area (Å²) in [6.45, 7) is 0. The lowest BCUT2D eigenvalue weighted by Gasteiger charge is -2.32. The summed E-state index contributed by atoms with van der Waals surface area (Å²) in [5.41, 5.74) is 9.77. The molecule has 0 N–H and O–H groups in total. The summed E-state index contributed by atoms with van der Waals surface area (Å²) < 4.78 is 14.4. The number of allylic oxidation sites excluding steroid dienone is 4. The highest BCUT2D eigenvalue weighted by Gasteiger charge is 2.52. The molecule has 0 fully saturated rings. The normalized spacial score (nSPS) is 21.6. The molecule has 0 radical (unpaired) electrons. The average Bonchev–Trinajstić information content (AvgIpc) is 3.15. The molecular weight excluding hydrogens is 319 g/mol. The van der Waals surface area contributed by atoms with Gasteiger partial charge >= 0.3 is 0 Å². The number of halogens is 1. The SMILES string of the molecule is Fc1ccc2c(c1)C1(C3=C(CCC=C3)c3ccccc31)c1ccccc1-2. The van der Waals surface area contributed by atoms with E-state index in [1.165, 1.54) is 33.4 Å². The van der Waals surface area contributed by atoms with Crippen molar-refractivity contribution < 1.29 is 4.39 Å². The second kappa shape index (κ2) is 4.82. The number of hydrogen-bond donors (Lipinski definition) is 0. The molecule has 0 nitrogen and oxygen atoms in total. The third-order valence-corrected chi connectivity index (χ3v) is 6.24. The van der Waals surface area contributed by atoms with Crippen molar-refractivity contribution in [2.75, 3.05) is 0 Å². The summed E-state index contributed by atoms with van der Waals surface area (Å²) in [5, 5.41) is 0. The third-order valence-electron chi connectivity index (χ3n) is 6.24. The lowest BCUT2D eigenvalue weighted by Crippen LogP contribution is -2.27. The van der Waals surface area contributed by atoms with E-state index in [2.05, 4.69) is 60.7 Å². The van der Waals surface area contributed by atoms with Gasteiger partial charge in [-0.1, -0.05) is 66.7 Å². The molecule has 26 heavy (non-hydrogen) atoms. The lowest BCUT2D eigenvalue weighted by atomic mass is 9.69. The van der Waals surface area contributed by atoms with Crippen LogP contribution in [0.5, 0.6) is 0 Å². The fourth-order valence-corrected chi connectivity index (χ4v) is 5.35. The smallest absolute Gasteiger partial charge is 0.123 e. The van der Waals surface area contributed by atoms with E-state index in [1.54, 1.807) is 12.1 Å². The van der Waals surface area contributed by atoms with Crippen molar-refractivity contribution in [3.8, 4) is 11.1 Å². The maximum Gasteiger partial charge on any atom is 0.123 e. The molecule has 124 valence electrons. The first kappa shape index (κ1) is 14.3. The number of rotatable bonds is 0. The van der Waals surface area contributed by atoms with Gasteiger partial charge in [0.2, 0.25) is 0 Å². The van der Waals surface area contributed by atoms with Crippen LogP contribution in [0.3, 0.4) is 0 Å². The van der Waals surface area contributed by atoms with Gasteiger partial charge in [-0.05, 0) is 69.5 Å². The van der Waals surface area contributed by atoms with E-state index in [0.717, 1.165) is 24.0 Å². The summed E-state index contributed by atoms with van der Waals surface area (Å²) in [6.07, 6.45) is 6.68. The molecule has 0 heterocycles. The molecule has 3 aliphatic carbocycles. The fourth-order valence-electron chi connectivity index (χ4n) is 5.35. The number of fused-ring (bicyclic) bond motifs is 9. The summed E-state index contributed by atoms with van der Waals surface area (Å²) in [4.78, 5) is 0. The summed E-state index contributed by atoms with van der Waals surface area (Å²) in [7, 11) is 0. The Balaban J connectivity index is 1.84. The van der Waals surface area contributed by atoms with Crippen molar-refractivity contribution in [2.45, 2.75) is 18.3 Å². The van der Waals surface area contributed by atoms with Crippen LogP contribution in [0.1, 0.15) is 35.1 Å². The Labute approximate surface area is 152 Å². The molecule has 0 bridgehead atoms. The molecular formula is C25H17F. The molecule has 3 aliphatic rings. The maximum atomic E-state index is 14.4. The van der Waals surface area contributed by atoms with E-state index in [1.807, 2.05) is 6.07 Å². The van der Waals surface area contributed by atoms with Crippen LogP contribution in [0.4, 0.5) is 4.39 Å². The van der Waals surface area contributed by atoms with Crippen molar-refractivity contribution in [3.63, 3.8) is 0 Å². The Morgan fingerprint density at radius 1 is 0.731 bits per heavy atom. The topological polar surface area (TPSA) is 0 Å². The molecule has 3 aromatic carbocycles. The van der Waals surface area contributed by atoms with E-state index in [4.69, 9.17) is 0 Å². The van der Waals surface area contributed by atoms with E-state index >= 15 is 0 Å². The number of hydrogen-bond acceptors (Lipinski definition) is 0. The van der Waals surface area contributed by atoms with Crippen LogP contribution < -0.4 is 0 Å². The Morgan fingerprint density at radius 2 is 1.42 bits per heavy atom. The van der Waals surface area contributed by atoms with E-state index in [9.17, 15) is 4.39 Å². The predicted molar refractivity (Wildman–Crippen MR) is 103 cm³/mol. The van der Waals surface area contributed by atoms with Crippen LogP contribution in [0, 0.1) is 5.82 Å². The van der Waals surface area contributed by atoms with Gasteiger partial charge in [-0.3, -0.25) is 0 Å². The van der Waals surface area contributed by atoms with Gasteiger partial charge in [-0.2, -0.15) is 0 Å². The zero-order valence-corrected chi connectivity index (χ0v) is 14.3. The predicted octanol–water partition coefficient (Wildman–Crippen LogP) is 6.26. The zero-order valence-electron chi connectivity index (χ0n) is 14.3. The lowest BCUT2D eigenvalue weighted by molar-refractivity contribution is 0.622. The Morgan fingerprint density at radius 3 is 2.27 bits per heavy atom. The third kappa shape index (κ3) is 1.51. The summed E-state index contributed by atoms with van der Waals surface area (Å²) in [6, 6.07) is 22.6. The number of benzene rings is 3. The van der Waals surface area contributed by atoms with Crippen molar-refractivity contribution in [2.24, 2.45) is 0 Å². The van der Waals surface area contributed by atoms with Gasteiger partial charge in [0.25, 0.3) is 0 Å². The molecule has 0 saturated carbocycles. The molecule has 0 aliphatic heterocycles. The Bertz CT molecular complexity index is 1150. The molecule has 3 aromatic rings. The summed E-state index contributed by atoms with van der Waals surface area (Å²) in [5.74, 6) is -0.165. The quantitative estimate of drug-likeness (QED) is 0.455. The van der Waals surface area contributed by atoms with Gasteiger partial charge in [-0.25, -0.2) is 4.39 Å². The Kier molecular flexibility index (Phi) is 2.65. The van der Waals surface area contributed by atoms with Gasteiger partial charge in [0.1, 0.15) is 5.82 Å². The van der Waals surface area contributed by atoms with Gasteiger partial charge in [0.05, 0.1) is 5.41 Å². The highest BCUT2D eigenvalue weighted by molar-refractivity contribution is 5.95. The molecule has 0 saturated heterocycles. The minimum Gasteiger partial charge on any atom is -0.207 e. The Hall–Kier alpha value is -2.93. The highest BCUT2D eigenvalue weighted by atomic mass is 19.1. The molecule has 1 heteroatoms. The standard InChI is InChI=1S/C25H17F/c26-16-13-14-20-19-9-3-6-12-23(19)25(24(20)15-16)21-10-4-1-7-17(21)18-8-2-5-11-22(18)25/h1,3-7,9-15H,2,8H2. The average molecular weight is 336 g/mol. The van der Waals surface area contributed by atoms with E-state index in [0.29, 0.717) is 0 Å². The first-order valence-electron chi connectivity index (χ1n) is 9.22. The summed E-state index contributed by atoms with van der Waals surface area (Å²) >= 11 is 0. The molecule has 0 aromatic heterocycles. The van der Waals surface area contributed by atoms with Crippen molar-refractivity contribution in [1.29, 1.82) is 0 Å². The first-order chi connectivity index (χ1) is 12.8. The van der Waals surface area contributed by atoms with E-state index < -0.39 is 0 Å². The molecule has 6 rings (SSSR count). The van der Waals surface area contributed by atoms with E-state index in [-0.39, 0.29) is 11.2 Å². The van der Waals surface area contributed by atoms with Crippen LogP contribution in [0.15, 0.2) is 84.5 Å². The fraction of sp³-hybridized carbons (Fsp3) is 0.120. The van der Waals surface area contributed by atoms with Gasteiger partial charge in [0.15, 0.2) is 0 Å². The molecule has 0 amide bonds. The van der Waals surface area contributed by atoms with Crippen LogP contribution >= 0.6 is 0 Å². The zero-order chi connectivity index (χ0) is 17.3. The highest BCUT2D eigenvalue weighted by Crippen LogP contribution is 2.63. The van der Waals surface area contributed by atoms with Gasteiger partial charge in [0, 0.05) is 0 Å². The van der Waals surface area contributed by atoms with Crippen LogP contribution in [-0.4, -0.2) is 0 Å². The monoisotopic (exact) mass is 336 g/mol. The van der Waals surface area contributed by atoms with Gasteiger partial charge < -0.3 is 0 Å². The van der Waals surface area contributed by atoms with Crippen LogP contribution in [0.25, 0.3) is 16.7 Å². The second-order valence-electron chi connectivity index (χ2n) is 7.36. The largest absolute Gasteiger partial charge is 0.207 e. The van der Waals surface area contributed by atoms with Crippen LogP contribution in [-0.2, 0) is 5.41 Å². The minimum atomic E-state index is -0.378. The molecule has 1 unspecified atom stereocenters. The minimum absolute atomic E-state index is 0.165. The van der Waals surface area contributed by atoms with Crippen LogP contribution in [0.2, 0.25) is 0 Å². The van der Waals surface area contributed by atoms with Gasteiger partial charge in [-0.15, -0.1) is 0 Å².